The molecular weight excluding hydrogens is 532 g/mol. The molecule has 244 valence electrons. The second-order valence-corrected chi connectivity index (χ2v) is 11.2. The fourth-order valence-electron chi connectivity index (χ4n) is 4.98. The van der Waals surface area contributed by atoms with Gasteiger partial charge in [0.1, 0.15) is 5.75 Å². The van der Waals surface area contributed by atoms with Crippen LogP contribution in [-0.2, 0) is 23.7 Å². The average Bonchev–Trinajstić information content (AvgIpc) is 2.99. The molecule has 0 aromatic heterocycles. The molecule has 7 nitrogen and oxygen atoms in total. The second kappa shape index (κ2) is 28.1. The smallest absolute Gasteiger partial charge is 0.377 e. The molecule has 1 atom stereocenters. The van der Waals surface area contributed by atoms with Crippen molar-refractivity contribution in [1.82, 2.24) is 0 Å². The summed E-state index contributed by atoms with van der Waals surface area (Å²) in [5.41, 5.74) is 0. The lowest BCUT2D eigenvalue weighted by atomic mass is 10.0. The highest BCUT2D eigenvalue weighted by molar-refractivity contribution is 5.76. The summed E-state index contributed by atoms with van der Waals surface area (Å²) in [4.78, 5) is 12.4. The van der Waals surface area contributed by atoms with Crippen molar-refractivity contribution in [2.45, 2.75) is 135 Å². The number of carbonyl (C=O) groups is 1. The SMILES string of the molecule is CCCCCCCCCCCCCCCCCCCC(OCCOCCOCCOCC)(Oc1ccccc1)C(=O)O. The van der Waals surface area contributed by atoms with Crippen LogP contribution < -0.4 is 4.74 Å². The maximum atomic E-state index is 12.4. The molecule has 0 spiro atoms. The van der Waals surface area contributed by atoms with E-state index in [0.717, 1.165) is 19.3 Å². The molecule has 1 unspecified atom stereocenters. The number of unbranched alkanes of at least 4 members (excludes halogenated alkanes) is 16. The quantitative estimate of drug-likeness (QED) is 0.0658. The van der Waals surface area contributed by atoms with Gasteiger partial charge in [0.25, 0.3) is 0 Å². The number of aliphatic carboxylic acids is 1. The Bertz CT molecular complexity index is 715. The lowest BCUT2D eigenvalue weighted by molar-refractivity contribution is -0.218. The third-order valence-electron chi connectivity index (χ3n) is 7.47. The van der Waals surface area contributed by atoms with Crippen molar-refractivity contribution in [3.63, 3.8) is 0 Å². The molecule has 0 saturated carbocycles. The molecule has 0 radical (unpaired) electrons. The lowest BCUT2D eigenvalue weighted by Gasteiger charge is -2.30. The van der Waals surface area contributed by atoms with E-state index in [4.69, 9.17) is 23.7 Å². The van der Waals surface area contributed by atoms with E-state index in [1.54, 1.807) is 12.1 Å². The van der Waals surface area contributed by atoms with E-state index in [9.17, 15) is 9.90 Å². The Labute approximate surface area is 257 Å². The predicted octanol–water partition coefficient (Wildman–Crippen LogP) is 8.97. The lowest BCUT2D eigenvalue weighted by Crippen LogP contribution is -2.48. The third-order valence-corrected chi connectivity index (χ3v) is 7.47. The van der Waals surface area contributed by atoms with E-state index < -0.39 is 11.8 Å². The Kier molecular flexibility index (Phi) is 25.7. The van der Waals surface area contributed by atoms with Gasteiger partial charge in [-0.2, -0.15) is 0 Å². The number of hydrogen-bond donors (Lipinski definition) is 1. The van der Waals surface area contributed by atoms with Crippen LogP contribution >= 0.6 is 0 Å². The molecule has 0 saturated heterocycles. The van der Waals surface area contributed by atoms with Crippen LogP contribution in [0.25, 0.3) is 0 Å². The van der Waals surface area contributed by atoms with Gasteiger partial charge in [-0.15, -0.1) is 0 Å². The molecule has 0 aliphatic rings. The van der Waals surface area contributed by atoms with Crippen molar-refractivity contribution < 1.29 is 33.6 Å². The molecule has 0 heterocycles. The van der Waals surface area contributed by atoms with Crippen molar-refractivity contribution in [2.24, 2.45) is 0 Å². The molecule has 0 fully saturated rings. The van der Waals surface area contributed by atoms with Gasteiger partial charge in [-0.05, 0) is 25.5 Å². The van der Waals surface area contributed by atoms with Crippen molar-refractivity contribution in [2.75, 3.05) is 46.2 Å². The van der Waals surface area contributed by atoms with Crippen LogP contribution in [-0.4, -0.2) is 63.1 Å². The standard InChI is InChI=1S/C35H62O7/c1-3-5-6-7-8-9-10-11-12-13-14-15-16-17-18-19-23-26-35(34(36)37,42-33-24-21-20-22-25-33)41-32-31-40-30-29-39-28-27-38-4-2/h20-22,24-25H,3-19,23,26-32H2,1-2H3,(H,36,37). The largest absolute Gasteiger partial charge is 0.476 e. The Morgan fingerprint density at radius 3 is 1.48 bits per heavy atom. The summed E-state index contributed by atoms with van der Waals surface area (Å²) in [5, 5.41) is 10.1. The van der Waals surface area contributed by atoms with Crippen LogP contribution in [0.3, 0.4) is 0 Å². The van der Waals surface area contributed by atoms with Gasteiger partial charge in [0, 0.05) is 13.0 Å². The molecular formula is C35H62O7. The number of para-hydroxylation sites is 1. The zero-order valence-electron chi connectivity index (χ0n) is 27.0. The van der Waals surface area contributed by atoms with Gasteiger partial charge in [0.2, 0.25) is 0 Å². The van der Waals surface area contributed by atoms with Gasteiger partial charge in [0.15, 0.2) is 0 Å². The van der Waals surface area contributed by atoms with Crippen LogP contribution in [0.2, 0.25) is 0 Å². The molecule has 0 aliphatic heterocycles. The molecule has 1 aromatic carbocycles. The number of rotatable bonds is 32. The summed E-state index contributed by atoms with van der Waals surface area (Å²) in [6.45, 7) is 7.24. The van der Waals surface area contributed by atoms with Gasteiger partial charge >= 0.3 is 11.8 Å². The van der Waals surface area contributed by atoms with Gasteiger partial charge in [0.05, 0.1) is 39.6 Å². The first-order valence-electron chi connectivity index (χ1n) is 17.0. The van der Waals surface area contributed by atoms with E-state index in [1.807, 2.05) is 25.1 Å². The molecule has 1 rings (SSSR count). The highest BCUT2D eigenvalue weighted by Crippen LogP contribution is 2.26. The average molecular weight is 595 g/mol. The van der Waals surface area contributed by atoms with Crippen molar-refractivity contribution >= 4 is 5.97 Å². The third kappa shape index (κ3) is 21.1. The highest BCUT2D eigenvalue weighted by atomic mass is 16.7. The Morgan fingerprint density at radius 2 is 1.02 bits per heavy atom. The van der Waals surface area contributed by atoms with E-state index >= 15 is 0 Å². The van der Waals surface area contributed by atoms with Crippen molar-refractivity contribution in [3.8, 4) is 5.75 Å². The number of benzene rings is 1. The first kappa shape index (κ1) is 38.4. The van der Waals surface area contributed by atoms with Crippen LogP contribution in [0.15, 0.2) is 30.3 Å². The molecule has 0 bridgehead atoms. The molecule has 0 aliphatic carbocycles. The number of ether oxygens (including phenoxy) is 5. The zero-order chi connectivity index (χ0) is 30.4. The fourth-order valence-corrected chi connectivity index (χ4v) is 4.98. The van der Waals surface area contributed by atoms with Crippen LogP contribution in [0, 0.1) is 0 Å². The second-order valence-electron chi connectivity index (χ2n) is 11.2. The summed E-state index contributed by atoms with van der Waals surface area (Å²) >= 11 is 0. The van der Waals surface area contributed by atoms with E-state index in [1.165, 1.54) is 89.9 Å². The molecule has 7 heteroatoms. The van der Waals surface area contributed by atoms with Crippen molar-refractivity contribution in [1.29, 1.82) is 0 Å². The van der Waals surface area contributed by atoms with Gasteiger partial charge in [-0.25, -0.2) is 4.79 Å². The van der Waals surface area contributed by atoms with Crippen molar-refractivity contribution in [3.05, 3.63) is 30.3 Å². The molecule has 1 aromatic rings. The number of carboxylic acids is 1. The molecule has 1 N–H and O–H groups in total. The minimum Gasteiger partial charge on any atom is -0.476 e. The monoisotopic (exact) mass is 594 g/mol. The summed E-state index contributed by atoms with van der Waals surface area (Å²) in [6, 6.07) is 9.03. The summed E-state index contributed by atoms with van der Waals surface area (Å²) in [6.07, 6.45) is 22.1. The first-order valence-corrected chi connectivity index (χ1v) is 17.0. The highest BCUT2D eigenvalue weighted by Gasteiger charge is 2.42. The Hall–Kier alpha value is -1.67. The van der Waals surface area contributed by atoms with Crippen LogP contribution in [0.5, 0.6) is 5.75 Å². The van der Waals surface area contributed by atoms with Crippen LogP contribution in [0.4, 0.5) is 0 Å². The topological polar surface area (TPSA) is 83.5 Å². The minimum absolute atomic E-state index is 0.122. The molecule has 0 amide bonds. The fraction of sp³-hybridized carbons (Fsp3) is 0.800. The Balaban J connectivity index is 2.23. The van der Waals surface area contributed by atoms with Gasteiger partial charge in [-0.3, -0.25) is 0 Å². The predicted molar refractivity (Wildman–Crippen MR) is 170 cm³/mol. The summed E-state index contributed by atoms with van der Waals surface area (Å²) in [7, 11) is 0. The zero-order valence-corrected chi connectivity index (χ0v) is 27.0. The van der Waals surface area contributed by atoms with Gasteiger partial charge < -0.3 is 28.8 Å². The van der Waals surface area contributed by atoms with E-state index in [2.05, 4.69) is 6.92 Å². The minimum atomic E-state index is -1.73. The van der Waals surface area contributed by atoms with Gasteiger partial charge in [-0.1, -0.05) is 128 Å². The first-order chi connectivity index (χ1) is 20.6. The van der Waals surface area contributed by atoms with E-state index in [-0.39, 0.29) is 19.6 Å². The molecule has 42 heavy (non-hydrogen) atoms. The van der Waals surface area contributed by atoms with E-state index in [0.29, 0.717) is 38.8 Å². The van der Waals surface area contributed by atoms with Crippen LogP contribution in [0.1, 0.15) is 129 Å². The summed E-state index contributed by atoms with van der Waals surface area (Å²) in [5.74, 6) is -2.36. The normalized spacial score (nSPS) is 12.8. The maximum absolute atomic E-state index is 12.4. The maximum Gasteiger partial charge on any atom is 0.377 e. The number of carboxylic acid groups (broad SMARTS) is 1. The summed E-state index contributed by atoms with van der Waals surface area (Å²) < 4.78 is 28.1. The Morgan fingerprint density at radius 1 is 0.595 bits per heavy atom. The number of hydrogen-bond acceptors (Lipinski definition) is 6.